The van der Waals surface area contributed by atoms with Gasteiger partial charge in [0.15, 0.2) is 5.66 Å². The molecule has 1 unspecified atom stereocenters. The quantitative estimate of drug-likeness (QED) is 0.641. The van der Waals surface area contributed by atoms with Crippen LogP contribution in [0.25, 0.3) is 0 Å². The summed E-state index contributed by atoms with van der Waals surface area (Å²) >= 11 is 6.14. The summed E-state index contributed by atoms with van der Waals surface area (Å²) in [5.74, 6) is 0.480. The average Bonchev–Trinajstić information content (AvgIpc) is 3.29. The Morgan fingerprint density at radius 2 is 1.67 bits per heavy atom. The van der Waals surface area contributed by atoms with Gasteiger partial charge in [-0.2, -0.15) is 0 Å². The minimum absolute atomic E-state index is 0.0643. The van der Waals surface area contributed by atoms with Crippen molar-refractivity contribution in [2.45, 2.75) is 5.66 Å². The summed E-state index contributed by atoms with van der Waals surface area (Å²) in [6.45, 7) is 0.894. The van der Waals surface area contributed by atoms with Crippen molar-refractivity contribution >= 4 is 23.4 Å². The summed E-state index contributed by atoms with van der Waals surface area (Å²) < 4.78 is 5.21. The molecule has 0 spiro atoms. The summed E-state index contributed by atoms with van der Waals surface area (Å²) in [4.78, 5) is 30.5. The van der Waals surface area contributed by atoms with Crippen molar-refractivity contribution in [2.75, 3.05) is 20.2 Å². The molecule has 1 atom stereocenters. The first-order valence-electron chi connectivity index (χ1n) is 9.71. The molecule has 0 aromatic heterocycles. The third-order valence-electron chi connectivity index (χ3n) is 5.94. The van der Waals surface area contributed by atoms with E-state index in [1.807, 2.05) is 36.4 Å². The number of methoxy groups -OCH3 is 1. The van der Waals surface area contributed by atoms with Crippen LogP contribution in [0.1, 0.15) is 31.8 Å². The molecule has 0 saturated carbocycles. The normalized spacial score (nSPS) is 19.6. The third kappa shape index (κ3) is 2.48. The molecule has 3 aromatic rings. The number of halogens is 1. The molecule has 2 aliphatic heterocycles. The van der Waals surface area contributed by atoms with Gasteiger partial charge in [-0.3, -0.25) is 9.59 Å². The molecule has 5 rings (SSSR count). The maximum Gasteiger partial charge on any atom is 0.256 e. The molecule has 150 valence electrons. The van der Waals surface area contributed by atoms with Gasteiger partial charge in [0.05, 0.1) is 7.11 Å². The number of ether oxygens (including phenoxy) is 1. The summed E-state index contributed by atoms with van der Waals surface area (Å²) in [5, 5.41) is 0.602. The fourth-order valence-corrected chi connectivity index (χ4v) is 4.74. The van der Waals surface area contributed by atoms with Gasteiger partial charge in [-0.1, -0.05) is 41.9 Å². The summed E-state index contributed by atoms with van der Waals surface area (Å²) in [7, 11) is 1.59. The van der Waals surface area contributed by atoms with Crippen LogP contribution in [-0.2, 0) is 5.66 Å². The van der Waals surface area contributed by atoms with Crippen LogP contribution < -0.4 is 4.74 Å². The van der Waals surface area contributed by atoms with Crippen molar-refractivity contribution in [2.24, 2.45) is 0 Å². The van der Waals surface area contributed by atoms with Gasteiger partial charge in [-0.05, 0) is 42.5 Å². The Kier molecular flexibility index (Phi) is 4.29. The monoisotopic (exact) mass is 418 g/mol. The van der Waals surface area contributed by atoms with E-state index in [4.69, 9.17) is 16.3 Å². The Labute approximate surface area is 179 Å². The number of hydrogen-bond donors (Lipinski definition) is 0. The molecule has 0 radical (unpaired) electrons. The number of carbonyl (C=O) groups excluding carboxylic acids is 2. The highest BCUT2D eigenvalue weighted by atomic mass is 35.5. The predicted octanol–water partition coefficient (Wildman–Crippen LogP) is 4.16. The van der Waals surface area contributed by atoms with Gasteiger partial charge in [0, 0.05) is 40.4 Å². The second kappa shape index (κ2) is 6.89. The number of benzene rings is 3. The highest BCUT2D eigenvalue weighted by molar-refractivity contribution is 6.30. The zero-order valence-corrected chi connectivity index (χ0v) is 17.1. The number of nitrogens with zero attached hydrogens (tertiary/aromatic N) is 2. The van der Waals surface area contributed by atoms with Crippen LogP contribution in [0.5, 0.6) is 5.75 Å². The van der Waals surface area contributed by atoms with E-state index < -0.39 is 5.66 Å². The van der Waals surface area contributed by atoms with Gasteiger partial charge in [-0.15, -0.1) is 0 Å². The molecule has 0 N–H and O–H groups in total. The van der Waals surface area contributed by atoms with Crippen LogP contribution >= 0.6 is 11.6 Å². The molecule has 30 heavy (non-hydrogen) atoms. The Morgan fingerprint density at radius 3 is 2.37 bits per heavy atom. The van der Waals surface area contributed by atoms with E-state index in [1.165, 1.54) is 0 Å². The number of hydrogen-bond acceptors (Lipinski definition) is 3. The highest BCUT2D eigenvalue weighted by Gasteiger charge is 2.59. The van der Waals surface area contributed by atoms with Crippen LogP contribution in [0.3, 0.4) is 0 Å². The van der Waals surface area contributed by atoms with Crippen LogP contribution in [-0.4, -0.2) is 41.8 Å². The van der Waals surface area contributed by atoms with E-state index in [0.29, 0.717) is 35.0 Å². The number of carbonyl (C=O) groups is 2. The Hall–Kier alpha value is -3.31. The molecular formula is C24H19ClN2O3. The Morgan fingerprint density at radius 1 is 0.967 bits per heavy atom. The van der Waals surface area contributed by atoms with Crippen molar-refractivity contribution < 1.29 is 14.3 Å². The third-order valence-corrected chi connectivity index (χ3v) is 6.19. The Bertz CT molecular complexity index is 1140. The van der Waals surface area contributed by atoms with Crippen LogP contribution in [0.2, 0.25) is 5.02 Å². The van der Waals surface area contributed by atoms with Gasteiger partial charge >= 0.3 is 0 Å². The molecular weight excluding hydrogens is 400 g/mol. The van der Waals surface area contributed by atoms with Crippen molar-refractivity contribution in [3.8, 4) is 5.75 Å². The molecule has 5 nitrogen and oxygen atoms in total. The first kappa shape index (κ1) is 18.7. The van der Waals surface area contributed by atoms with Gasteiger partial charge in [0.1, 0.15) is 5.75 Å². The maximum absolute atomic E-state index is 13.7. The molecule has 1 fully saturated rings. The fourth-order valence-electron chi connectivity index (χ4n) is 4.62. The van der Waals surface area contributed by atoms with Gasteiger partial charge < -0.3 is 14.5 Å². The lowest BCUT2D eigenvalue weighted by atomic mass is 9.89. The molecule has 0 aliphatic carbocycles. The summed E-state index contributed by atoms with van der Waals surface area (Å²) in [6.07, 6.45) is 0. The Balaban J connectivity index is 1.70. The van der Waals surface area contributed by atoms with E-state index in [-0.39, 0.29) is 11.8 Å². The van der Waals surface area contributed by atoms with Gasteiger partial charge in [0.25, 0.3) is 11.8 Å². The van der Waals surface area contributed by atoms with E-state index >= 15 is 0 Å². The molecule has 2 aliphatic rings. The van der Waals surface area contributed by atoms with Crippen molar-refractivity contribution in [1.29, 1.82) is 0 Å². The fraction of sp³-hybridized carbons (Fsp3) is 0.167. The topological polar surface area (TPSA) is 49.9 Å². The molecule has 0 bridgehead atoms. The molecule has 2 amide bonds. The lowest BCUT2D eigenvalue weighted by Crippen LogP contribution is -2.51. The zero-order valence-electron chi connectivity index (χ0n) is 16.3. The second-order valence-corrected chi connectivity index (χ2v) is 7.80. The van der Waals surface area contributed by atoms with E-state index in [1.54, 1.807) is 53.3 Å². The first-order chi connectivity index (χ1) is 14.6. The molecule has 2 heterocycles. The van der Waals surface area contributed by atoms with Crippen LogP contribution in [0.4, 0.5) is 0 Å². The lowest BCUT2D eigenvalue weighted by Gasteiger charge is -2.40. The first-order valence-corrected chi connectivity index (χ1v) is 10.1. The van der Waals surface area contributed by atoms with E-state index in [2.05, 4.69) is 0 Å². The SMILES string of the molecule is COc1ccc(C(=O)N2CCN3C(=O)c4ccccc4C23c2ccc(Cl)cc2)cc1. The summed E-state index contributed by atoms with van der Waals surface area (Å²) in [5.41, 5.74) is 1.83. The van der Waals surface area contributed by atoms with Crippen LogP contribution in [0.15, 0.2) is 72.8 Å². The minimum atomic E-state index is -0.991. The minimum Gasteiger partial charge on any atom is -0.497 e. The average molecular weight is 419 g/mol. The van der Waals surface area contributed by atoms with Gasteiger partial charge in [-0.25, -0.2) is 0 Å². The number of rotatable bonds is 3. The standard InChI is InChI=1S/C24H19ClN2O3/c1-30-19-12-6-16(7-13-19)22(28)26-14-15-27-23(29)20-4-2-3-5-21(20)24(26,27)17-8-10-18(25)11-9-17/h2-13H,14-15H2,1H3. The van der Waals surface area contributed by atoms with E-state index in [9.17, 15) is 9.59 Å². The largest absolute Gasteiger partial charge is 0.497 e. The number of amides is 2. The molecule has 1 saturated heterocycles. The van der Waals surface area contributed by atoms with Crippen molar-refractivity contribution in [3.63, 3.8) is 0 Å². The van der Waals surface area contributed by atoms with Crippen LogP contribution in [0, 0.1) is 0 Å². The van der Waals surface area contributed by atoms with E-state index in [0.717, 1.165) is 11.1 Å². The van der Waals surface area contributed by atoms with Crippen molar-refractivity contribution in [3.05, 3.63) is 100 Å². The molecule has 6 heteroatoms. The highest BCUT2D eigenvalue weighted by Crippen LogP contribution is 2.50. The zero-order chi connectivity index (χ0) is 20.9. The maximum atomic E-state index is 13.7. The molecule has 3 aromatic carbocycles. The van der Waals surface area contributed by atoms with Crippen molar-refractivity contribution in [1.82, 2.24) is 9.80 Å². The second-order valence-electron chi connectivity index (χ2n) is 7.37. The van der Waals surface area contributed by atoms with Gasteiger partial charge in [0.2, 0.25) is 0 Å². The lowest BCUT2D eigenvalue weighted by molar-refractivity contribution is 0.0375. The number of fused-ring (bicyclic) bond motifs is 3. The predicted molar refractivity (Wildman–Crippen MR) is 114 cm³/mol. The smallest absolute Gasteiger partial charge is 0.256 e. The summed E-state index contributed by atoms with van der Waals surface area (Å²) in [6, 6.07) is 21.9.